The highest BCUT2D eigenvalue weighted by Crippen LogP contribution is 2.20. The molecule has 1 aromatic carbocycles. The Morgan fingerprint density at radius 3 is 1.80 bits per heavy atom. The summed E-state index contributed by atoms with van der Waals surface area (Å²) in [6.45, 7) is 0. The maximum Gasteiger partial charge on any atom is 0.201 e. The van der Waals surface area contributed by atoms with E-state index in [-0.39, 0.29) is 0 Å². The van der Waals surface area contributed by atoms with Gasteiger partial charge in [-0.25, -0.2) is 9.97 Å². The monoisotopic (exact) mass is 391 g/mol. The van der Waals surface area contributed by atoms with Crippen molar-refractivity contribution in [1.82, 2.24) is 15.0 Å². The van der Waals surface area contributed by atoms with Crippen LogP contribution in [0, 0.1) is 0 Å². The standard InChI is InChI=1S/C9H4Br3N3/c10-6-3-1-5(2-4-6)7-13-8(11)15-9(12)14-7/h1-4H. The van der Waals surface area contributed by atoms with Gasteiger partial charge in [-0.3, -0.25) is 0 Å². The van der Waals surface area contributed by atoms with Crippen molar-refractivity contribution in [3.05, 3.63) is 38.2 Å². The minimum atomic E-state index is 0.516. The van der Waals surface area contributed by atoms with Gasteiger partial charge in [0.05, 0.1) is 0 Å². The quantitative estimate of drug-likeness (QED) is 0.739. The zero-order valence-electron chi connectivity index (χ0n) is 7.28. The molecule has 0 aliphatic rings. The molecule has 0 bridgehead atoms. The van der Waals surface area contributed by atoms with Crippen LogP contribution in [0.25, 0.3) is 11.4 Å². The van der Waals surface area contributed by atoms with Crippen molar-refractivity contribution < 1.29 is 0 Å². The number of hydrogen-bond acceptors (Lipinski definition) is 3. The van der Waals surface area contributed by atoms with Crippen LogP contribution in [0.2, 0.25) is 0 Å². The topological polar surface area (TPSA) is 38.7 Å². The molecule has 6 heteroatoms. The summed E-state index contributed by atoms with van der Waals surface area (Å²) in [6, 6.07) is 7.78. The lowest BCUT2D eigenvalue weighted by Gasteiger charge is -2.00. The summed E-state index contributed by atoms with van der Waals surface area (Å²) in [5, 5.41) is 0. The van der Waals surface area contributed by atoms with E-state index in [9.17, 15) is 0 Å². The molecule has 0 spiro atoms. The number of nitrogens with zero attached hydrogens (tertiary/aromatic N) is 3. The third-order valence-electron chi connectivity index (χ3n) is 1.68. The smallest absolute Gasteiger partial charge is 0.201 e. The Bertz CT molecular complexity index is 464. The maximum absolute atomic E-state index is 4.18. The minimum Gasteiger partial charge on any atom is -0.202 e. The van der Waals surface area contributed by atoms with E-state index in [1.165, 1.54) is 0 Å². The van der Waals surface area contributed by atoms with Crippen LogP contribution < -0.4 is 0 Å². The summed E-state index contributed by atoms with van der Waals surface area (Å²) in [4.78, 5) is 12.3. The molecule has 15 heavy (non-hydrogen) atoms. The third-order valence-corrected chi connectivity index (χ3v) is 2.92. The first-order chi connectivity index (χ1) is 7.15. The lowest BCUT2D eigenvalue weighted by Crippen LogP contribution is -1.93. The van der Waals surface area contributed by atoms with Gasteiger partial charge in [-0.05, 0) is 44.0 Å². The lowest BCUT2D eigenvalue weighted by molar-refractivity contribution is 0.984. The van der Waals surface area contributed by atoms with Crippen molar-refractivity contribution in [3.8, 4) is 11.4 Å². The SMILES string of the molecule is Brc1ccc(-c2nc(Br)nc(Br)n2)cc1. The Balaban J connectivity index is 2.49. The lowest BCUT2D eigenvalue weighted by atomic mass is 10.2. The van der Waals surface area contributed by atoms with Crippen LogP contribution in [0.1, 0.15) is 0 Å². The Morgan fingerprint density at radius 2 is 1.27 bits per heavy atom. The molecule has 3 nitrogen and oxygen atoms in total. The normalized spacial score (nSPS) is 10.3. The van der Waals surface area contributed by atoms with Gasteiger partial charge in [0.25, 0.3) is 0 Å². The van der Waals surface area contributed by atoms with E-state index in [0.29, 0.717) is 15.3 Å². The predicted octanol–water partition coefficient (Wildman–Crippen LogP) is 3.83. The van der Waals surface area contributed by atoms with Crippen LogP contribution in [0.3, 0.4) is 0 Å². The fourth-order valence-electron chi connectivity index (χ4n) is 1.05. The van der Waals surface area contributed by atoms with E-state index >= 15 is 0 Å². The van der Waals surface area contributed by atoms with Crippen LogP contribution >= 0.6 is 47.8 Å². The molecule has 0 saturated heterocycles. The average Bonchev–Trinajstić information content (AvgIpc) is 2.17. The van der Waals surface area contributed by atoms with E-state index in [4.69, 9.17) is 0 Å². The van der Waals surface area contributed by atoms with E-state index in [1.54, 1.807) is 0 Å². The number of aromatic nitrogens is 3. The second-order valence-electron chi connectivity index (χ2n) is 2.70. The van der Waals surface area contributed by atoms with Crippen molar-refractivity contribution in [3.63, 3.8) is 0 Å². The Kier molecular flexibility index (Phi) is 3.48. The minimum absolute atomic E-state index is 0.516. The number of hydrogen-bond donors (Lipinski definition) is 0. The molecule has 0 radical (unpaired) electrons. The van der Waals surface area contributed by atoms with Gasteiger partial charge in [0.1, 0.15) is 0 Å². The van der Waals surface area contributed by atoms with Crippen LogP contribution in [0.4, 0.5) is 0 Å². The molecule has 2 rings (SSSR count). The highest BCUT2D eigenvalue weighted by atomic mass is 79.9. The molecule has 2 aromatic rings. The first-order valence-corrected chi connectivity index (χ1v) is 6.36. The van der Waals surface area contributed by atoms with E-state index in [0.717, 1.165) is 10.0 Å². The molecule has 1 heterocycles. The first kappa shape index (κ1) is 11.2. The van der Waals surface area contributed by atoms with Gasteiger partial charge < -0.3 is 0 Å². The molecule has 0 amide bonds. The fourth-order valence-corrected chi connectivity index (χ4v) is 2.23. The molecular formula is C9H4Br3N3. The zero-order valence-corrected chi connectivity index (χ0v) is 12.0. The third kappa shape index (κ3) is 2.83. The summed E-state index contributed by atoms with van der Waals surface area (Å²) in [5.41, 5.74) is 0.946. The van der Waals surface area contributed by atoms with Gasteiger partial charge in [0.15, 0.2) is 5.82 Å². The van der Waals surface area contributed by atoms with Crippen molar-refractivity contribution in [2.75, 3.05) is 0 Å². The van der Waals surface area contributed by atoms with Gasteiger partial charge in [-0.1, -0.05) is 28.1 Å². The van der Waals surface area contributed by atoms with Crippen molar-refractivity contribution in [2.24, 2.45) is 0 Å². The molecule has 76 valence electrons. The van der Waals surface area contributed by atoms with Crippen molar-refractivity contribution in [2.45, 2.75) is 0 Å². The number of halogens is 3. The van der Waals surface area contributed by atoms with E-state index < -0.39 is 0 Å². The summed E-state index contributed by atoms with van der Waals surface area (Å²) in [6.07, 6.45) is 0. The second-order valence-corrected chi connectivity index (χ2v) is 5.04. The first-order valence-electron chi connectivity index (χ1n) is 3.98. The van der Waals surface area contributed by atoms with Crippen LogP contribution in [-0.4, -0.2) is 15.0 Å². The largest absolute Gasteiger partial charge is 0.202 e. The number of benzene rings is 1. The van der Waals surface area contributed by atoms with Crippen molar-refractivity contribution >= 4 is 47.8 Å². The molecular weight excluding hydrogens is 390 g/mol. The van der Waals surface area contributed by atoms with Gasteiger partial charge in [0.2, 0.25) is 9.47 Å². The Labute approximate surface area is 112 Å². The van der Waals surface area contributed by atoms with Crippen LogP contribution in [-0.2, 0) is 0 Å². The second kappa shape index (κ2) is 4.67. The molecule has 0 N–H and O–H groups in total. The molecule has 0 aliphatic carbocycles. The highest BCUT2D eigenvalue weighted by molar-refractivity contribution is 9.11. The molecule has 1 aromatic heterocycles. The van der Waals surface area contributed by atoms with Crippen LogP contribution in [0.15, 0.2) is 38.2 Å². The summed E-state index contributed by atoms with van der Waals surface area (Å²) >= 11 is 9.82. The van der Waals surface area contributed by atoms with E-state index in [2.05, 4.69) is 62.7 Å². The van der Waals surface area contributed by atoms with Crippen LogP contribution in [0.5, 0.6) is 0 Å². The zero-order chi connectivity index (χ0) is 10.8. The van der Waals surface area contributed by atoms with Gasteiger partial charge >= 0.3 is 0 Å². The molecule has 0 saturated carbocycles. The maximum atomic E-state index is 4.18. The average molecular weight is 394 g/mol. The fraction of sp³-hybridized carbons (Fsp3) is 0. The summed E-state index contributed by atoms with van der Waals surface area (Å²) < 4.78 is 2.06. The number of rotatable bonds is 1. The molecule has 0 fully saturated rings. The molecule has 0 aliphatic heterocycles. The van der Waals surface area contributed by atoms with Gasteiger partial charge in [0, 0.05) is 10.0 Å². The van der Waals surface area contributed by atoms with Gasteiger partial charge in [-0.2, -0.15) is 4.98 Å². The Hall–Kier alpha value is -0.330. The Morgan fingerprint density at radius 1 is 0.733 bits per heavy atom. The van der Waals surface area contributed by atoms with Crippen molar-refractivity contribution in [1.29, 1.82) is 0 Å². The van der Waals surface area contributed by atoms with E-state index in [1.807, 2.05) is 24.3 Å². The van der Waals surface area contributed by atoms with Gasteiger partial charge in [-0.15, -0.1) is 0 Å². The predicted molar refractivity (Wildman–Crippen MR) is 68.4 cm³/mol. The summed E-state index contributed by atoms with van der Waals surface area (Å²) in [5.74, 6) is 0.635. The molecule has 0 unspecified atom stereocenters. The molecule has 0 atom stereocenters. The summed E-state index contributed by atoms with van der Waals surface area (Å²) in [7, 11) is 0. The highest BCUT2D eigenvalue weighted by Gasteiger charge is 2.04.